The predicted octanol–water partition coefficient (Wildman–Crippen LogP) is 7.86. The fraction of sp³-hybridized carbons (Fsp3) is 0.200. The van der Waals surface area contributed by atoms with E-state index < -0.39 is 0 Å². The van der Waals surface area contributed by atoms with Crippen LogP contribution >= 0.6 is 11.6 Å². The van der Waals surface area contributed by atoms with Gasteiger partial charge in [0.2, 0.25) is 0 Å². The zero-order valence-corrected chi connectivity index (χ0v) is 16.6. The number of rotatable bonds is 7. The van der Waals surface area contributed by atoms with Gasteiger partial charge in [-0.2, -0.15) is 0 Å². The van der Waals surface area contributed by atoms with E-state index in [1.807, 2.05) is 48.5 Å². The minimum Gasteiger partial charge on any atom is -0.457 e. The van der Waals surface area contributed by atoms with Gasteiger partial charge in [-0.1, -0.05) is 35.9 Å². The summed E-state index contributed by atoms with van der Waals surface area (Å²) in [5, 5.41) is 0.658. The molecular weight excluding hydrogens is 390 g/mol. The van der Waals surface area contributed by atoms with Gasteiger partial charge in [0.15, 0.2) is 0 Å². The molecule has 1 aliphatic rings. The average molecular weight is 411 g/mol. The molecule has 0 heterocycles. The Kier molecular flexibility index (Phi) is 5.96. The summed E-state index contributed by atoms with van der Waals surface area (Å²) in [7, 11) is 0. The second-order valence-corrected chi connectivity index (χ2v) is 7.80. The summed E-state index contributed by atoms with van der Waals surface area (Å²) < 4.78 is 33.9. The molecule has 1 aliphatic carbocycles. The third-order valence-corrected chi connectivity index (χ3v) is 5.35. The first-order valence-corrected chi connectivity index (χ1v) is 10.1. The van der Waals surface area contributed by atoms with Crippen molar-refractivity contribution in [2.75, 3.05) is 0 Å². The van der Waals surface area contributed by atoms with Gasteiger partial charge < -0.3 is 4.74 Å². The molecule has 29 heavy (non-hydrogen) atoms. The second kappa shape index (κ2) is 8.79. The van der Waals surface area contributed by atoms with Gasteiger partial charge in [0.1, 0.15) is 23.1 Å². The van der Waals surface area contributed by atoms with Gasteiger partial charge in [0, 0.05) is 10.9 Å². The summed E-state index contributed by atoms with van der Waals surface area (Å²) in [6.07, 6.45) is 4.24. The highest BCUT2D eigenvalue weighted by Crippen LogP contribution is 2.47. The zero-order chi connectivity index (χ0) is 20.2. The van der Waals surface area contributed by atoms with E-state index >= 15 is 4.39 Å². The van der Waals surface area contributed by atoms with E-state index in [9.17, 15) is 4.39 Å². The molecule has 0 aliphatic heterocycles. The standard InChI is InChI=1S/C25H21ClF2O/c26-20-9-7-19(8-10-20)25(18-5-6-18)24(28)15-4-17-2-1-3-23(16-17)29-22-13-11-21(27)12-14-22/h1-3,7-16,18,25H,4-6H2/b24-15-. The van der Waals surface area contributed by atoms with Crippen molar-refractivity contribution in [1.82, 2.24) is 0 Å². The highest BCUT2D eigenvalue weighted by molar-refractivity contribution is 6.30. The molecule has 1 nitrogen and oxygen atoms in total. The molecule has 0 amide bonds. The number of hydrogen-bond acceptors (Lipinski definition) is 1. The minimum absolute atomic E-state index is 0.0975. The number of ether oxygens (including phenoxy) is 1. The van der Waals surface area contributed by atoms with Crippen LogP contribution in [-0.4, -0.2) is 0 Å². The molecule has 1 atom stereocenters. The van der Waals surface area contributed by atoms with Gasteiger partial charge in [0.25, 0.3) is 0 Å². The number of halogens is 3. The van der Waals surface area contributed by atoms with E-state index in [1.54, 1.807) is 18.2 Å². The lowest BCUT2D eigenvalue weighted by atomic mass is 9.92. The second-order valence-electron chi connectivity index (χ2n) is 7.36. The van der Waals surface area contributed by atoms with Crippen LogP contribution in [0.1, 0.15) is 29.9 Å². The summed E-state index contributed by atoms with van der Waals surface area (Å²) in [4.78, 5) is 0. The van der Waals surface area contributed by atoms with E-state index in [-0.39, 0.29) is 17.6 Å². The predicted molar refractivity (Wildman–Crippen MR) is 113 cm³/mol. The largest absolute Gasteiger partial charge is 0.457 e. The van der Waals surface area contributed by atoms with Gasteiger partial charge in [-0.15, -0.1) is 0 Å². The van der Waals surface area contributed by atoms with Gasteiger partial charge in [-0.05, 0) is 90.9 Å². The van der Waals surface area contributed by atoms with Crippen LogP contribution in [0.4, 0.5) is 8.78 Å². The molecule has 148 valence electrons. The van der Waals surface area contributed by atoms with E-state index in [0.717, 1.165) is 24.0 Å². The lowest BCUT2D eigenvalue weighted by Gasteiger charge is -2.15. The van der Waals surface area contributed by atoms with Crippen molar-refractivity contribution in [3.05, 3.63) is 107 Å². The van der Waals surface area contributed by atoms with Gasteiger partial charge >= 0.3 is 0 Å². The topological polar surface area (TPSA) is 9.23 Å². The molecule has 0 spiro atoms. The summed E-state index contributed by atoms with van der Waals surface area (Å²) in [5.74, 6) is 0.949. The fourth-order valence-corrected chi connectivity index (χ4v) is 3.60. The van der Waals surface area contributed by atoms with Crippen LogP contribution in [0.15, 0.2) is 84.7 Å². The highest BCUT2D eigenvalue weighted by atomic mass is 35.5. The lowest BCUT2D eigenvalue weighted by Crippen LogP contribution is -2.02. The average Bonchev–Trinajstić information content (AvgIpc) is 3.55. The molecule has 4 heteroatoms. The summed E-state index contributed by atoms with van der Waals surface area (Å²) >= 11 is 5.97. The number of allylic oxidation sites excluding steroid dienone is 2. The Hall–Kier alpha value is -2.65. The van der Waals surface area contributed by atoms with E-state index in [4.69, 9.17) is 16.3 Å². The van der Waals surface area contributed by atoms with Crippen LogP contribution in [0.25, 0.3) is 0 Å². The Balaban J connectivity index is 1.47. The van der Waals surface area contributed by atoms with Gasteiger partial charge in [-0.3, -0.25) is 0 Å². The van der Waals surface area contributed by atoms with Crippen LogP contribution in [0.3, 0.4) is 0 Å². The molecule has 0 N–H and O–H groups in total. The molecule has 4 rings (SSSR count). The van der Waals surface area contributed by atoms with Gasteiger partial charge in [-0.25, -0.2) is 8.78 Å². The maximum atomic E-state index is 15.1. The molecule has 3 aromatic rings. The monoisotopic (exact) mass is 410 g/mol. The molecule has 3 aromatic carbocycles. The Labute approximate surface area is 174 Å². The van der Waals surface area contributed by atoms with Crippen molar-refractivity contribution in [2.45, 2.75) is 25.2 Å². The number of hydrogen-bond donors (Lipinski definition) is 0. The fourth-order valence-electron chi connectivity index (χ4n) is 3.47. The quantitative estimate of drug-likeness (QED) is 0.385. The first-order chi connectivity index (χ1) is 14.1. The Morgan fingerprint density at radius 2 is 1.72 bits per heavy atom. The van der Waals surface area contributed by atoms with Crippen molar-refractivity contribution in [3.8, 4) is 11.5 Å². The van der Waals surface area contributed by atoms with Crippen molar-refractivity contribution >= 4 is 11.6 Å². The van der Waals surface area contributed by atoms with Crippen molar-refractivity contribution in [3.63, 3.8) is 0 Å². The van der Waals surface area contributed by atoms with Crippen LogP contribution in [-0.2, 0) is 6.42 Å². The highest BCUT2D eigenvalue weighted by Gasteiger charge is 2.35. The first-order valence-electron chi connectivity index (χ1n) is 9.72. The van der Waals surface area contributed by atoms with Crippen LogP contribution in [0.5, 0.6) is 11.5 Å². The summed E-state index contributed by atoms with van der Waals surface area (Å²) in [6.45, 7) is 0. The molecular formula is C25H21ClF2O. The molecule has 0 bridgehead atoms. The van der Waals surface area contributed by atoms with Gasteiger partial charge in [0.05, 0.1) is 0 Å². The van der Waals surface area contributed by atoms with Crippen molar-refractivity contribution in [1.29, 1.82) is 0 Å². The molecule has 0 aromatic heterocycles. The smallest absolute Gasteiger partial charge is 0.127 e. The molecule has 1 fully saturated rings. The molecule has 1 unspecified atom stereocenters. The third-order valence-electron chi connectivity index (χ3n) is 5.10. The summed E-state index contributed by atoms with van der Waals surface area (Å²) in [5.41, 5.74) is 1.92. The first kappa shape index (κ1) is 19.7. The normalized spacial score (nSPS) is 15.2. The van der Waals surface area contributed by atoms with E-state index in [1.165, 1.54) is 12.1 Å². The van der Waals surface area contributed by atoms with Crippen LogP contribution in [0, 0.1) is 11.7 Å². The maximum absolute atomic E-state index is 15.1. The zero-order valence-electron chi connectivity index (χ0n) is 15.8. The SMILES string of the molecule is F/C(=C\Cc1cccc(Oc2ccc(F)cc2)c1)C(c1ccc(Cl)cc1)C1CC1. The van der Waals surface area contributed by atoms with Crippen molar-refractivity contribution < 1.29 is 13.5 Å². The Morgan fingerprint density at radius 3 is 2.41 bits per heavy atom. The Morgan fingerprint density at radius 1 is 1.00 bits per heavy atom. The van der Waals surface area contributed by atoms with Crippen LogP contribution < -0.4 is 4.74 Å². The maximum Gasteiger partial charge on any atom is 0.127 e. The third kappa shape index (κ3) is 5.24. The molecule has 1 saturated carbocycles. The molecule has 0 saturated heterocycles. The van der Waals surface area contributed by atoms with Crippen LogP contribution in [0.2, 0.25) is 5.02 Å². The summed E-state index contributed by atoms with van der Waals surface area (Å²) in [6, 6.07) is 20.8. The van der Waals surface area contributed by atoms with Crippen molar-refractivity contribution in [2.24, 2.45) is 5.92 Å². The molecule has 0 radical (unpaired) electrons. The van der Waals surface area contributed by atoms with E-state index in [0.29, 0.717) is 28.9 Å². The number of benzene rings is 3. The minimum atomic E-state index is -0.308. The van der Waals surface area contributed by atoms with E-state index in [2.05, 4.69) is 0 Å². The Bertz CT molecular complexity index is 992. The lowest BCUT2D eigenvalue weighted by molar-refractivity contribution is 0.480.